The van der Waals surface area contributed by atoms with Crippen LogP contribution < -0.4 is 11.1 Å². The molecule has 26 heavy (non-hydrogen) atoms. The standard InChI is InChI=1S/C17H27N3O5S/c1-7-13-12(8(2)21)16(23)20(13)14(17(24)25)15(7)26-11-4-9(19-6-11)3-10(22)5-18/h7-13,19,21-22H,3-6,18H2,1-2H3,(H,24,25)/t7-,8-,9-,10?,11+,12-,13-/m1/s1. The summed E-state index contributed by atoms with van der Waals surface area (Å²) in [6.45, 7) is 4.44. The molecule has 7 atom stereocenters. The van der Waals surface area contributed by atoms with Crippen LogP contribution in [0.25, 0.3) is 0 Å². The van der Waals surface area contributed by atoms with Crippen molar-refractivity contribution in [1.82, 2.24) is 10.2 Å². The van der Waals surface area contributed by atoms with Gasteiger partial charge in [-0.2, -0.15) is 0 Å². The van der Waals surface area contributed by atoms with Crippen molar-refractivity contribution >= 4 is 23.6 Å². The van der Waals surface area contributed by atoms with E-state index in [1.165, 1.54) is 16.7 Å². The van der Waals surface area contributed by atoms with Crippen molar-refractivity contribution in [2.75, 3.05) is 13.1 Å². The van der Waals surface area contributed by atoms with Crippen molar-refractivity contribution in [2.24, 2.45) is 17.6 Å². The summed E-state index contributed by atoms with van der Waals surface area (Å²) in [6, 6.07) is -0.124. The number of β-lactam (4-membered cyclic amide) rings is 1. The van der Waals surface area contributed by atoms with Crippen LogP contribution in [-0.2, 0) is 9.59 Å². The summed E-state index contributed by atoms with van der Waals surface area (Å²) in [4.78, 5) is 26.2. The Hall–Kier alpha value is -1.13. The molecule has 0 aliphatic carbocycles. The number of thioether (sulfide) groups is 1. The molecule has 0 bridgehead atoms. The minimum absolute atomic E-state index is 0.0693. The monoisotopic (exact) mass is 385 g/mol. The van der Waals surface area contributed by atoms with E-state index < -0.39 is 24.1 Å². The molecule has 3 rings (SSSR count). The Bertz CT molecular complexity index is 626. The van der Waals surface area contributed by atoms with Crippen LogP contribution in [-0.4, -0.2) is 74.7 Å². The molecule has 0 aromatic heterocycles. The maximum absolute atomic E-state index is 12.3. The number of amides is 1. The largest absolute Gasteiger partial charge is 0.477 e. The smallest absolute Gasteiger partial charge is 0.353 e. The fourth-order valence-electron chi connectivity index (χ4n) is 4.33. The number of aliphatic hydroxyl groups excluding tert-OH is 2. The highest BCUT2D eigenvalue weighted by atomic mass is 32.2. The molecule has 146 valence electrons. The Kier molecular flexibility index (Phi) is 5.64. The normalized spacial score (nSPS) is 36.1. The average Bonchev–Trinajstić information content (AvgIpc) is 3.09. The van der Waals surface area contributed by atoms with Crippen LogP contribution in [0.2, 0.25) is 0 Å². The molecular weight excluding hydrogens is 358 g/mol. The molecule has 0 saturated carbocycles. The van der Waals surface area contributed by atoms with Crippen LogP contribution in [0.5, 0.6) is 0 Å². The maximum atomic E-state index is 12.3. The van der Waals surface area contributed by atoms with Gasteiger partial charge in [-0.1, -0.05) is 6.92 Å². The Balaban J connectivity index is 1.73. The number of carbonyl (C=O) groups excluding carboxylic acids is 1. The SMILES string of the molecule is C[C@@H](O)[C@H]1C(=O)N2C(C(=O)O)=C(S[C@@H]3CN[C@H](CC(O)CN)C3)[C@H](C)[C@H]12. The van der Waals surface area contributed by atoms with Gasteiger partial charge in [0.25, 0.3) is 0 Å². The van der Waals surface area contributed by atoms with E-state index in [-0.39, 0.29) is 41.4 Å². The summed E-state index contributed by atoms with van der Waals surface area (Å²) < 4.78 is 0. The lowest BCUT2D eigenvalue weighted by Crippen LogP contribution is -2.63. The van der Waals surface area contributed by atoms with Crippen LogP contribution in [0, 0.1) is 11.8 Å². The van der Waals surface area contributed by atoms with Crippen molar-refractivity contribution in [3.8, 4) is 0 Å². The van der Waals surface area contributed by atoms with Gasteiger partial charge in [0.15, 0.2) is 0 Å². The van der Waals surface area contributed by atoms with E-state index >= 15 is 0 Å². The number of nitrogens with two attached hydrogens (primary N) is 1. The first kappa shape index (κ1) is 19.6. The summed E-state index contributed by atoms with van der Waals surface area (Å²) in [6.07, 6.45) is 0.0527. The van der Waals surface area contributed by atoms with E-state index in [9.17, 15) is 24.9 Å². The van der Waals surface area contributed by atoms with Crippen molar-refractivity contribution < 1.29 is 24.9 Å². The van der Waals surface area contributed by atoms with Gasteiger partial charge >= 0.3 is 5.97 Å². The molecule has 0 aromatic carbocycles. The molecule has 1 unspecified atom stereocenters. The van der Waals surface area contributed by atoms with Gasteiger partial charge in [0.2, 0.25) is 5.91 Å². The molecule has 8 nitrogen and oxygen atoms in total. The Morgan fingerprint density at radius 3 is 2.73 bits per heavy atom. The summed E-state index contributed by atoms with van der Waals surface area (Å²) in [5.74, 6) is -2.05. The Morgan fingerprint density at radius 2 is 2.15 bits per heavy atom. The van der Waals surface area contributed by atoms with Gasteiger partial charge in [-0.25, -0.2) is 4.79 Å². The van der Waals surface area contributed by atoms with Gasteiger partial charge in [-0.3, -0.25) is 4.79 Å². The van der Waals surface area contributed by atoms with E-state index in [0.29, 0.717) is 17.9 Å². The second kappa shape index (κ2) is 7.47. The number of nitrogens with zero attached hydrogens (tertiary/aromatic N) is 1. The predicted octanol–water partition coefficient (Wildman–Crippen LogP) is -0.686. The fraction of sp³-hybridized carbons (Fsp3) is 0.765. The zero-order valence-electron chi connectivity index (χ0n) is 15.0. The molecule has 9 heteroatoms. The highest BCUT2D eigenvalue weighted by molar-refractivity contribution is 8.03. The molecule has 0 aromatic rings. The van der Waals surface area contributed by atoms with Gasteiger partial charge < -0.3 is 31.3 Å². The highest BCUT2D eigenvalue weighted by Gasteiger charge is 2.60. The number of carboxylic acids is 1. The topological polar surface area (TPSA) is 136 Å². The van der Waals surface area contributed by atoms with Crippen molar-refractivity contribution in [3.05, 3.63) is 10.6 Å². The van der Waals surface area contributed by atoms with Crippen molar-refractivity contribution in [3.63, 3.8) is 0 Å². The van der Waals surface area contributed by atoms with Crippen molar-refractivity contribution in [2.45, 2.75) is 56.2 Å². The third-order valence-electron chi connectivity index (χ3n) is 5.62. The van der Waals surface area contributed by atoms with E-state index in [4.69, 9.17) is 5.73 Å². The van der Waals surface area contributed by atoms with E-state index in [2.05, 4.69) is 5.32 Å². The number of aliphatic carboxylic acids is 1. The van der Waals surface area contributed by atoms with Gasteiger partial charge in [0, 0.05) is 35.2 Å². The molecule has 6 N–H and O–H groups in total. The minimum Gasteiger partial charge on any atom is -0.477 e. The van der Waals surface area contributed by atoms with Crippen LogP contribution in [0.4, 0.5) is 0 Å². The Labute approximate surface area is 156 Å². The number of hydrogen-bond donors (Lipinski definition) is 5. The third-order valence-corrected chi connectivity index (χ3v) is 7.13. The number of hydrogen-bond acceptors (Lipinski definition) is 7. The molecule has 1 amide bonds. The number of nitrogens with one attached hydrogen (secondary N) is 1. The first-order valence-electron chi connectivity index (χ1n) is 9.03. The zero-order valence-corrected chi connectivity index (χ0v) is 15.8. The van der Waals surface area contributed by atoms with Crippen molar-refractivity contribution in [1.29, 1.82) is 0 Å². The number of carboxylic acid groups (broad SMARTS) is 1. The Morgan fingerprint density at radius 1 is 1.46 bits per heavy atom. The summed E-state index contributed by atoms with van der Waals surface area (Å²) >= 11 is 1.51. The van der Waals surface area contributed by atoms with Gasteiger partial charge in [0.1, 0.15) is 5.70 Å². The highest BCUT2D eigenvalue weighted by Crippen LogP contribution is 2.51. The second-order valence-electron chi connectivity index (χ2n) is 7.48. The lowest BCUT2D eigenvalue weighted by molar-refractivity contribution is -0.163. The first-order valence-corrected chi connectivity index (χ1v) is 9.91. The number of rotatable bonds is 7. The third kappa shape index (κ3) is 3.27. The molecule has 3 aliphatic rings. The lowest BCUT2D eigenvalue weighted by atomic mass is 9.79. The van der Waals surface area contributed by atoms with Crippen LogP contribution in [0.15, 0.2) is 10.6 Å². The van der Waals surface area contributed by atoms with Gasteiger partial charge in [-0.05, 0) is 19.8 Å². The number of carbonyl (C=O) groups is 2. The molecule has 3 aliphatic heterocycles. The van der Waals surface area contributed by atoms with Crippen LogP contribution in [0.3, 0.4) is 0 Å². The molecule has 0 spiro atoms. The van der Waals surface area contributed by atoms with E-state index in [1.54, 1.807) is 6.92 Å². The molecule has 2 saturated heterocycles. The second-order valence-corrected chi connectivity index (χ2v) is 8.82. The van der Waals surface area contributed by atoms with Crippen LogP contribution >= 0.6 is 11.8 Å². The van der Waals surface area contributed by atoms with Gasteiger partial charge in [0.05, 0.1) is 24.2 Å². The average molecular weight is 385 g/mol. The molecular formula is C17H27N3O5S. The zero-order chi connectivity index (χ0) is 19.2. The summed E-state index contributed by atoms with van der Waals surface area (Å²) in [5, 5.41) is 32.8. The van der Waals surface area contributed by atoms with E-state index in [0.717, 1.165) is 6.42 Å². The minimum atomic E-state index is -1.10. The maximum Gasteiger partial charge on any atom is 0.353 e. The fourth-order valence-corrected chi connectivity index (χ4v) is 5.85. The van der Waals surface area contributed by atoms with Crippen LogP contribution in [0.1, 0.15) is 26.7 Å². The molecule has 2 fully saturated rings. The summed E-state index contributed by atoms with van der Waals surface area (Å²) in [5.41, 5.74) is 5.53. The first-order chi connectivity index (χ1) is 12.3. The molecule has 3 heterocycles. The quantitative estimate of drug-likeness (QED) is 0.364. The number of fused-ring (bicyclic) bond motifs is 1. The predicted molar refractivity (Wildman–Crippen MR) is 97.1 cm³/mol. The summed E-state index contributed by atoms with van der Waals surface area (Å²) in [7, 11) is 0. The molecule has 0 radical (unpaired) electrons. The van der Waals surface area contributed by atoms with E-state index in [1.807, 2.05) is 6.92 Å². The van der Waals surface area contributed by atoms with Gasteiger partial charge in [-0.15, -0.1) is 11.8 Å². The lowest BCUT2D eigenvalue weighted by Gasteiger charge is -2.46. The number of aliphatic hydroxyl groups is 2.